The highest BCUT2D eigenvalue weighted by atomic mass is 16.2. The van der Waals surface area contributed by atoms with E-state index < -0.39 is 0 Å². The molecule has 0 aliphatic carbocycles. The van der Waals surface area contributed by atoms with Crippen LogP contribution in [0.2, 0.25) is 0 Å². The number of carbonyl (C=O) groups is 2. The molecule has 0 aliphatic rings. The summed E-state index contributed by atoms with van der Waals surface area (Å²) in [5.41, 5.74) is 8.09. The van der Waals surface area contributed by atoms with Crippen molar-refractivity contribution in [3.05, 3.63) is 59.9 Å². The molecule has 2 amide bonds. The van der Waals surface area contributed by atoms with Gasteiger partial charge < -0.3 is 9.47 Å². The van der Waals surface area contributed by atoms with Gasteiger partial charge in [-0.1, -0.05) is 25.1 Å². The minimum Gasteiger partial charge on any atom is -0.378 e. The minimum atomic E-state index is -0.363. The van der Waals surface area contributed by atoms with E-state index in [1.807, 2.05) is 60.8 Å². The number of fused-ring (bicyclic) bond motifs is 1. The molecule has 0 saturated heterocycles. The first-order chi connectivity index (χ1) is 13.0. The third-order valence-electron chi connectivity index (χ3n) is 4.29. The van der Waals surface area contributed by atoms with Crippen molar-refractivity contribution in [2.45, 2.75) is 19.9 Å². The summed E-state index contributed by atoms with van der Waals surface area (Å²) in [5.74, 6) is 0.152. The van der Waals surface area contributed by atoms with Crippen molar-refractivity contribution in [3.8, 4) is 0 Å². The van der Waals surface area contributed by atoms with Crippen LogP contribution in [0.3, 0.4) is 0 Å². The Morgan fingerprint density at radius 2 is 1.85 bits per heavy atom. The molecule has 0 bridgehead atoms. The monoisotopic (exact) mass is 365 g/mol. The second-order valence-electron chi connectivity index (χ2n) is 6.40. The SMILES string of the molecule is CCc1nc2ccccc2n1CC(=O)NNC(=O)c1cccc(N(C)C)c1. The number of nitrogens with zero attached hydrogens (tertiary/aromatic N) is 3. The van der Waals surface area contributed by atoms with E-state index in [4.69, 9.17) is 0 Å². The summed E-state index contributed by atoms with van der Waals surface area (Å²) in [6, 6.07) is 14.9. The van der Waals surface area contributed by atoms with E-state index in [0.29, 0.717) is 12.0 Å². The van der Waals surface area contributed by atoms with E-state index in [1.54, 1.807) is 18.2 Å². The number of para-hydroxylation sites is 2. The third-order valence-corrected chi connectivity index (χ3v) is 4.29. The van der Waals surface area contributed by atoms with Crippen LogP contribution in [-0.2, 0) is 17.8 Å². The van der Waals surface area contributed by atoms with Crippen LogP contribution in [0.15, 0.2) is 48.5 Å². The zero-order chi connectivity index (χ0) is 19.4. The van der Waals surface area contributed by atoms with Crippen LogP contribution in [0, 0.1) is 0 Å². The largest absolute Gasteiger partial charge is 0.378 e. The zero-order valence-electron chi connectivity index (χ0n) is 15.7. The lowest BCUT2D eigenvalue weighted by atomic mass is 10.2. The van der Waals surface area contributed by atoms with E-state index in [9.17, 15) is 9.59 Å². The van der Waals surface area contributed by atoms with Gasteiger partial charge in [-0.3, -0.25) is 20.4 Å². The van der Waals surface area contributed by atoms with Gasteiger partial charge >= 0.3 is 0 Å². The molecule has 0 radical (unpaired) electrons. The Morgan fingerprint density at radius 1 is 1.07 bits per heavy atom. The van der Waals surface area contributed by atoms with Crippen molar-refractivity contribution in [1.29, 1.82) is 0 Å². The van der Waals surface area contributed by atoms with Gasteiger partial charge in [-0.05, 0) is 30.3 Å². The molecule has 2 aromatic carbocycles. The van der Waals surface area contributed by atoms with Crippen LogP contribution in [0.5, 0.6) is 0 Å². The van der Waals surface area contributed by atoms with Gasteiger partial charge in [0.05, 0.1) is 11.0 Å². The maximum atomic E-state index is 12.4. The van der Waals surface area contributed by atoms with Gasteiger partial charge in [-0.2, -0.15) is 0 Å². The number of imidazole rings is 1. The van der Waals surface area contributed by atoms with Gasteiger partial charge in [0, 0.05) is 31.8 Å². The molecule has 0 unspecified atom stereocenters. The van der Waals surface area contributed by atoms with Gasteiger partial charge in [0.1, 0.15) is 12.4 Å². The summed E-state index contributed by atoms with van der Waals surface area (Å²) in [6.45, 7) is 2.08. The maximum absolute atomic E-state index is 12.4. The fraction of sp³-hybridized carbons (Fsp3) is 0.250. The molecule has 0 saturated carbocycles. The van der Waals surface area contributed by atoms with Crippen molar-refractivity contribution < 1.29 is 9.59 Å². The van der Waals surface area contributed by atoms with Gasteiger partial charge in [0.15, 0.2) is 0 Å². The van der Waals surface area contributed by atoms with Gasteiger partial charge in [-0.25, -0.2) is 4.98 Å². The molecule has 1 aromatic heterocycles. The first-order valence-electron chi connectivity index (χ1n) is 8.80. The van der Waals surface area contributed by atoms with Crippen LogP contribution in [-0.4, -0.2) is 35.5 Å². The number of hydrazine groups is 1. The average Bonchev–Trinajstić information content (AvgIpc) is 3.03. The van der Waals surface area contributed by atoms with E-state index >= 15 is 0 Å². The zero-order valence-corrected chi connectivity index (χ0v) is 15.7. The fourth-order valence-electron chi connectivity index (χ4n) is 2.88. The van der Waals surface area contributed by atoms with Crippen molar-refractivity contribution in [3.63, 3.8) is 0 Å². The smallest absolute Gasteiger partial charge is 0.269 e. The van der Waals surface area contributed by atoms with Crippen LogP contribution in [0.4, 0.5) is 5.69 Å². The van der Waals surface area contributed by atoms with Crippen molar-refractivity contribution in [1.82, 2.24) is 20.4 Å². The predicted molar refractivity (Wildman–Crippen MR) is 105 cm³/mol. The molecule has 0 atom stereocenters. The van der Waals surface area contributed by atoms with Crippen LogP contribution < -0.4 is 15.8 Å². The number of hydrogen-bond acceptors (Lipinski definition) is 4. The van der Waals surface area contributed by atoms with Gasteiger partial charge in [-0.15, -0.1) is 0 Å². The Morgan fingerprint density at radius 3 is 2.59 bits per heavy atom. The molecule has 0 spiro atoms. The molecule has 0 fully saturated rings. The van der Waals surface area contributed by atoms with E-state index in [1.165, 1.54) is 0 Å². The number of aryl methyl sites for hydroxylation is 1. The highest BCUT2D eigenvalue weighted by Gasteiger charge is 2.13. The number of amides is 2. The first-order valence-corrected chi connectivity index (χ1v) is 8.80. The normalized spacial score (nSPS) is 10.6. The minimum absolute atomic E-state index is 0.0850. The number of nitrogens with one attached hydrogen (secondary N) is 2. The van der Waals surface area contributed by atoms with Crippen molar-refractivity contribution >= 4 is 28.5 Å². The summed E-state index contributed by atoms with van der Waals surface area (Å²) in [7, 11) is 3.80. The Hall–Kier alpha value is -3.35. The Bertz CT molecular complexity index is 977. The summed E-state index contributed by atoms with van der Waals surface area (Å²) in [4.78, 5) is 31.1. The highest BCUT2D eigenvalue weighted by Crippen LogP contribution is 2.16. The topological polar surface area (TPSA) is 79.3 Å². The number of hydrogen-bond donors (Lipinski definition) is 2. The lowest BCUT2D eigenvalue weighted by Crippen LogP contribution is -2.43. The van der Waals surface area contributed by atoms with Crippen LogP contribution in [0.1, 0.15) is 23.1 Å². The van der Waals surface area contributed by atoms with E-state index in [0.717, 1.165) is 22.5 Å². The van der Waals surface area contributed by atoms with Crippen molar-refractivity contribution in [2.75, 3.05) is 19.0 Å². The summed E-state index contributed by atoms with van der Waals surface area (Å²) in [6.07, 6.45) is 0.714. The van der Waals surface area contributed by atoms with Gasteiger partial charge in [0.25, 0.3) is 11.8 Å². The number of benzene rings is 2. The van der Waals surface area contributed by atoms with E-state index in [-0.39, 0.29) is 18.4 Å². The van der Waals surface area contributed by atoms with E-state index in [2.05, 4.69) is 15.8 Å². The fourth-order valence-corrected chi connectivity index (χ4v) is 2.88. The molecule has 1 heterocycles. The molecule has 3 rings (SSSR count). The summed E-state index contributed by atoms with van der Waals surface area (Å²) >= 11 is 0. The maximum Gasteiger partial charge on any atom is 0.269 e. The number of rotatable bonds is 5. The highest BCUT2D eigenvalue weighted by molar-refractivity contribution is 5.96. The molecular weight excluding hydrogens is 342 g/mol. The molecule has 7 nitrogen and oxygen atoms in total. The third kappa shape index (κ3) is 4.08. The molecule has 0 aliphatic heterocycles. The summed E-state index contributed by atoms with van der Waals surface area (Å²) < 4.78 is 1.86. The second kappa shape index (κ2) is 7.90. The quantitative estimate of drug-likeness (QED) is 0.679. The number of aromatic nitrogens is 2. The molecular formula is C20H23N5O2. The molecule has 2 N–H and O–H groups in total. The number of anilines is 1. The predicted octanol–water partition coefficient (Wildman–Crippen LogP) is 2.13. The van der Waals surface area contributed by atoms with Crippen LogP contribution in [0.25, 0.3) is 11.0 Å². The second-order valence-corrected chi connectivity index (χ2v) is 6.40. The number of carbonyl (C=O) groups excluding carboxylic acids is 2. The van der Waals surface area contributed by atoms with Crippen LogP contribution >= 0.6 is 0 Å². The van der Waals surface area contributed by atoms with Gasteiger partial charge in [0.2, 0.25) is 0 Å². The lowest BCUT2D eigenvalue weighted by Gasteiger charge is -2.14. The average molecular weight is 365 g/mol. The first kappa shape index (κ1) is 18.4. The lowest BCUT2D eigenvalue weighted by molar-refractivity contribution is -0.122. The summed E-state index contributed by atoms with van der Waals surface area (Å²) in [5, 5.41) is 0. The Labute approximate surface area is 158 Å². The molecule has 140 valence electrons. The Balaban J connectivity index is 1.67. The molecule has 27 heavy (non-hydrogen) atoms. The standard InChI is InChI=1S/C20H23N5O2/c1-4-18-21-16-10-5-6-11-17(16)25(18)13-19(26)22-23-20(27)14-8-7-9-15(12-14)24(2)3/h5-12H,4,13H2,1-3H3,(H,22,26)(H,23,27). The Kier molecular flexibility index (Phi) is 5.40. The van der Waals surface area contributed by atoms with Crippen molar-refractivity contribution in [2.24, 2.45) is 0 Å². The molecule has 3 aromatic rings. The molecule has 7 heteroatoms.